The zero-order chi connectivity index (χ0) is 17.6. The third-order valence-corrected chi connectivity index (χ3v) is 3.86. The van der Waals surface area contributed by atoms with E-state index in [1.807, 2.05) is 0 Å². The molecule has 0 saturated carbocycles. The van der Waals surface area contributed by atoms with Gasteiger partial charge in [0.15, 0.2) is 0 Å². The SMILES string of the molecule is C=C/C(O)=C(\C)COCC(C)C(=O)NC(C)(C)CS(=O)(=O)O. The van der Waals surface area contributed by atoms with Crippen LogP contribution in [0.25, 0.3) is 0 Å². The molecule has 8 heteroatoms. The Morgan fingerprint density at radius 3 is 2.45 bits per heavy atom. The molecule has 128 valence electrons. The Morgan fingerprint density at radius 1 is 1.45 bits per heavy atom. The van der Waals surface area contributed by atoms with Crippen LogP contribution in [0.15, 0.2) is 24.0 Å². The average molecular weight is 335 g/mol. The number of ether oxygens (including phenoxy) is 1. The zero-order valence-electron chi connectivity index (χ0n) is 13.4. The van der Waals surface area contributed by atoms with Crippen LogP contribution in [0.5, 0.6) is 0 Å². The van der Waals surface area contributed by atoms with Crippen LogP contribution >= 0.6 is 0 Å². The van der Waals surface area contributed by atoms with Crippen molar-refractivity contribution in [2.45, 2.75) is 33.2 Å². The molecule has 1 atom stereocenters. The first-order valence-electron chi connectivity index (χ1n) is 6.74. The van der Waals surface area contributed by atoms with Crippen molar-refractivity contribution in [3.05, 3.63) is 24.0 Å². The van der Waals surface area contributed by atoms with Gasteiger partial charge in [0.1, 0.15) is 5.76 Å². The molecule has 0 saturated heterocycles. The van der Waals surface area contributed by atoms with E-state index in [2.05, 4.69) is 11.9 Å². The summed E-state index contributed by atoms with van der Waals surface area (Å²) in [5, 5.41) is 11.9. The number of hydrogen-bond acceptors (Lipinski definition) is 5. The molecule has 7 nitrogen and oxygen atoms in total. The summed E-state index contributed by atoms with van der Waals surface area (Å²) in [5.41, 5.74) is -0.495. The van der Waals surface area contributed by atoms with Crippen LogP contribution in [-0.2, 0) is 19.6 Å². The topological polar surface area (TPSA) is 113 Å². The fourth-order valence-electron chi connectivity index (χ4n) is 1.66. The molecule has 0 aromatic carbocycles. The van der Waals surface area contributed by atoms with Crippen LogP contribution in [0.2, 0.25) is 0 Å². The van der Waals surface area contributed by atoms with Gasteiger partial charge in [-0.15, -0.1) is 0 Å². The van der Waals surface area contributed by atoms with Crippen LogP contribution < -0.4 is 5.32 Å². The highest BCUT2D eigenvalue weighted by molar-refractivity contribution is 7.85. The summed E-state index contributed by atoms with van der Waals surface area (Å²) in [6.45, 7) is 10.00. The standard InChI is InChI=1S/C14H25NO6S/c1-6-12(16)10(2)7-21-8-11(3)13(17)15-14(4,5)9-22(18,19)20/h6,11,16H,1,7-9H2,2-5H3,(H,15,17)(H,18,19,20)/b12-10-. The molecule has 1 amide bonds. The van der Waals surface area contributed by atoms with Gasteiger partial charge in [0.25, 0.3) is 10.1 Å². The molecule has 0 aliphatic rings. The quantitative estimate of drug-likeness (QED) is 0.334. The molecule has 0 rings (SSSR count). The van der Waals surface area contributed by atoms with E-state index in [9.17, 15) is 18.3 Å². The summed E-state index contributed by atoms with van der Waals surface area (Å²) in [4.78, 5) is 12.0. The number of aliphatic hydroxyl groups is 1. The van der Waals surface area contributed by atoms with E-state index in [0.29, 0.717) is 5.57 Å². The van der Waals surface area contributed by atoms with E-state index >= 15 is 0 Å². The smallest absolute Gasteiger partial charge is 0.267 e. The van der Waals surface area contributed by atoms with Gasteiger partial charge in [-0.2, -0.15) is 8.42 Å². The van der Waals surface area contributed by atoms with E-state index in [1.54, 1.807) is 13.8 Å². The monoisotopic (exact) mass is 335 g/mol. The number of nitrogens with one attached hydrogen (secondary N) is 1. The summed E-state index contributed by atoms with van der Waals surface area (Å²) in [5.74, 6) is -1.44. The predicted octanol–water partition coefficient (Wildman–Crippen LogP) is 1.44. The molecule has 0 fully saturated rings. The van der Waals surface area contributed by atoms with E-state index in [-0.39, 0.29) is 24.9 Å². The summed E-state index contributed by atoms with van der Waals surface area (Å²) in [6, 6.07) is 0. The lowest BCUT2D eigenvalue weighted by molar-refractivity contribution is -0.127. The van der Waals surface area contributed by atoms with Crippen LogP contribution in [0, 0.1) is 5.92 Å². The molecule has 0 aromatic heterocycles. The maximum Gasteiger partial charge on any atom is 0.267 e. The number of aliphatic hydroxyl groups excluding tert-OH is 1. The van der Waals surface area contributed by atoms with E-state index in [1.165, 1.54) is 19.9 Å². The van der Waals surface area contributed by atoms with Gasteiger partial charge in [-0.05, 0) is 32.4 Å². The molecule has 0 spiro atoms. The van der Waals surface area contributed by atoms with Crippen molar-refractivity contribution in [2.75, 3.05) is 19.0 Å². The molecule has 0 aliphatic heterocycles. The van der Waals surface area contributed by atoms with Crippen molar-refractivity contribution >= 4 is 16.0 Å². The highest BCUT2D eigenvalue weighted by Gasteiger charge is 2.28. The van der Waals surface area contributed by atoms with Crippen molar-refractivity contribution in [3.8, 4) is 0 Å². The summed E-state index contributed by atoms with van der Waals surface area (Å²) in [6.07, 6.45) is 1.30. The number of carbonyl (C=O) groups is 1. The summed E-state index contributed by atoms with van der Waals surface area (Å²) in [7, 11) is -4.18. The molecular weight excluding hydrogens is 310 g/mol. The normalized spacial score (nSPS) is 15.0. The van der Waals surface area contributed by atoms with Crippen molar-refractivity contribution < 1.29 is 27.6 Å². The van der Waals surface area contributed by atoms with Crippen molar-refractivity contribution in [1.29, 1.82) is 0 Å². The van der Waals surface area contributed by atoms with Gasteiger partial charge in [-0.1, -0.05) is 13.5 Å². The highest BCUT2D eigenvalue weighted by atomic mass is 32.2. The van der Waals surface area contributed by atoms with Crippen LogP contribution in [0.1, 0.15) is 27.7 Å². The minimum absolute atomic E-state index is 0.0337. The van der Waals surface area contributed by atoms with Gasteiger partial charge in [0.05, 0.1) is 30.4 Å². The van der Waals surface area contributed by atoms with Gasteiger partial charge in [0.2, 0.25) is 5.91 Å². The van der Waals surface area contributed by atoms with Crippen LogP contribution in [0.3, 0.4) is 0 Å². The molecule has 0 heterocycles. The van der Waals surface area contributed by atoms with Crippen molar-refractivity contribution in [3.63, 3.8) is 0 Å². The van der Waals surface area contributed by atoms with Gasteiger partial charge in [-0.3, -0.25) is 9.35 Å². The molecule has 22 heavy (non-hydrogen) atoms. The highest BCUT2D eigenvalue weighted by Crippen LogP contribution is 2.09. The Kier molecular flexibility index (Phi) is 7.78. The Hall–Kier alpha value is -1.38. The fraction of sp³-hybridized carbons (Fsp3) is 0.643. The maximum atomic E-state index is 12.0. The zero-order valence-corrected chi connectivity index (χ0v) is 14.2. The number of allylic oxidation sites excluding steroid dienone is 1. The Labute approximate surface area is 131 Å². The molecule has 3 N–H and O–H groups in total. The molecule has 0 bridgehead atoms. The number of carbonyl (C=O) groups excluding carboxylic acids is 1. The third-order valence-electron chi connectivity index (χ3n) is 2.77. The summed E-state index contributed by atoms with van der Waals surface area (Å²) < 4.78 is 35.9. The lowest BCUT2D eigenvalue weighted by Gasteiger charge is -2.26. The van der Waals surface area contributed by atoms with Crippen molar-refractivity contribution in [1.82, 2.24) is 5.32 Å². The van der Waals surface area contributed by atoms with E-state index < -0.39 is 27.3 Å². The maximum absolute atomic E-state index is 12.0. The van der Waals surface area contributed by atoms with Crippen LogP contribution in [-0.4, -0.2) is 48.5 Å². The number of hydrogen-bond donors (Lipinski definition) is 3. The first kappa shape index (κ1) is 20.6. The molecule has 0 radical (unpaired) electrons. The Balaban J connectivity index is 4.42. The lowest BCUT2D eigenvalue weighted by atomic mass is 10.1. The number of amides is 1. The molecule has 1 unspecified atom stereocenters. The van der Waals surface area contributed by atoms with Gasteiger partial charge in [0, 0.05) is 0 Å². The van der Waals surface area contributed by atoms with Gasteiger partial charge >= 0.3 is 0 Å². The molecule has 0 aromatic rings. The second-order valence-corrected chi connectivity index (χ2v) is 7.34. The first-order chi connectivity index (χ1) is 9.88. The number of rotatable bonds is 9. The van der Waals surface area contributed by atoms with Gasteiger partial charge < -0.3 is 15.2 Å². The van der Waals surface area contributed by atoms with Crippen molar-refractivity contribution in [2.24, 2.45) is 5.92 Å². The Morgan fingerprint density at radius 2 is 2.00 bits per heavy atom. The minimum Gasteiger partial charge on any atom is -0.508 e. The second-order valence-electron chi connectivity index (χ2n) is 5.89. The summed E-state index contributed by atoms with van der Waals surface area (Å²) >= 11 is 0. The second kappa shape index (κ2) is 8.30. The average Bonchev–Trinajstić information content (AvgIpc) is 2.33. The largest absolute Gasteiger partial charge is 0.508 e. The van der Waals surface area contributed by atoms with Crippen LogP contribution in [0.4, 0.5) is 0 Å². The van der Waals surface area contributed by atoms with E-state index in [4.69, 9.17) is 9.29 Å². The van der Waals surface area contributed by atoms with E-state index in [0.717, 1.165) is 0 Å². The predicted molar refractivity (Wildman–Crippen MR) is 84.1 cm³/mol. The molecular formula is C14H25NO6S. The Bertz CT molecular complexity index is 536. The molecule has 0 aliphatic carbocycles. The van der Waals surface area contributed by atoms with Gasteiger partial charge in [-0.25, -0.2) is 0 Å². The first-order valence-corrected chi connectivity index (χ1v) is 8.35. The third kappa shape index (κ3) is 8.81. The minimum atomic E-state index is -4.18. The lowest BCUT2D eigenvalue weighted by Crippen LogP contribution is -2.50. The fourth-order valence-corrected chi connectivity index (χ4v) is 2.65.